The number of benzene rings is 2. The Morgan fingerprint density at radius 2 is 1.96 bits per heavy atom. The molecule has 1 heterocycles. The van der Waals surface area contributed by atoms with Gasteiger partial charge in [0.25, 0.3) is 0 Å². The third kappa shape index (κ3) is 2.79. The van der Waals surface area contributed by atoms with Crippen LogP contribution in [0.4, 0.5) is 5.69 Å². The molecule has 0 unspecified atom stereocenters. The number of hydrogen-bond acceptors (Lipinski definition) is 2. The average Bonchev–Trinajstić information content (AvgIpc) is 3.10. The zero-order valence-corrected chi connectivity index (χ0v) is 15.3. The maximum Gasteiger partial charge on any atom is 0.195 e. The van der Waals surface area contributed by atoms with Crippen molar-refractivity contribution in [2.24, 2.45) is 11.8 Å². The smallest absolute Gasteiger partial charge is 0.195 e. The van der Waals surface area contributed by atoms with E-state index in [-0.39, 0.29) is 5.78 Å². The molecule has 0 bridgehead atoms. The van der Waals surface area contributed by atoms with Crippen molar-refractivity contribution in [1.29, 1.82) is 0 Å². The van der Waals surface area contributed by atoms with Gasteiger partial charge in [0, 0.05) is 33.8 Å². The van der Waals surface area contributed by atoms with Crippen LogP contribution < -0.4 is 5.32 Å². The van der Waals surface area contributed by atoms with E-state index in [1.165, 1.54) is 0 Å². The number of fused-ring (bicyclic) bond motifs is 3. The molecule has 2 aliphatic rings. The van der Waals surface area contributed by atoms with Crippen LogP contribution in [0.5, 0.6) is 0 Å². The first-order valence-electron chi connectivity index (χ1n) is 8.92. The number of carbonyl (C=O) groups excluding carboxylic acids is 1. The number of hydrogen-bond donors (Lipinski definition) is 1. The van der Waals surface area contributed by atoms with E-state index in [1.807, 2.05) is 36.4 Å². The quantitative estimate of drug-likeness (QED) is 0.569. The van der Waals surface area contributed by atoms with Crippen LogP contribution in [0.25, 0.3) is 0 Å². The second kappa shape index (κ2) is 6.34. The Morgan fingerprint density at radius 1 is 1.20 bits per heavy atom. The molecule has 0 aromatic heterocycles. The molecule has 25 heavy (non-hydrogen) atoms. The summed E-state index contributed by atoms with van der Waals surface area (Å²) in [6, 6.07) is 13.6. The van der Waals surface area contributed by atoms with Crippen LogP contribution in [0.15, 0.2) is 54.6 Å². The minimum Gasteiger partial charge on any atom is -0.381 e. The highest BCUT2D eigenvalue weighted by atomic mass is 35.5. The standard InChI is InChI=1S/C22H22ClNO/c1-13(2)20-17-10-6-9-16(17)18-11-15(23)12-19(21(18)24-20)22(25)14-7-4-3-5-8-14/h3-9,11-13,16-17,20,24H,10H2,1-2H3/t16-,17-,20+/m0/s1. The molecule has 128 valence electrons. The van der Waals surface area contributed by atoms with Gasteiger partial charge in [-0.15, -0.1) is 0 Å². The summed E-state index contributed by atoms with van der Waals surface area (Å²) in [6.07, 6.45) is 5.63. The second-order valence-corrected chi connectivity index (χ2v) is 7.82. The predicted octanol–water partition coefficient (Wildman–Crippen LogP) is 5.68. The molecule has 0 spiro atoms. The molecule has 0 fully saturated rings. The molecule has 0 saturated heterocycles. The van der Waals surface area contributed by atoms with Gasteiger partial charge in [0.1, 0.15) is 0 Å². The van der Waals surface area contributed by atoms with Crippen molar-refractivity contribution in [1.82, 2.24) is 0 Å². The van der Waals surface area contributed by atoms with Crippen LogP contribution in [-0.2, 0) is 0 Å². The normalized spacial score (nSPS) is 23.9. The Bertz CT molecular complexity index is 841. The second-order valence-electron chi connectivity index (χ2n) is 7.38. The topological polar surface area (TPSA) is 29.1 Å². The van der Waals surface area contributed by atoms with Gasteiger partial charge in [0.2, 0.25) is 0 Å². The monoisotopic (exact) mass is 351 g/mol. The molecule has 0 radical (unpaired) electrons. The van der Waals surface area contributed by atoms with E-state index < -0.39 is 0 Å². The van der Waals surface area contributed by atoms with Crippen molar-refractivity contribution in [2.75, 3.05) is 5.32 Å². The van der Waals surface area contributed by atoms with E-state index in [9.17, 15) is 4.79 Å². The van der Waals surface area contributed by atoms with Crippen molar-refractivity contribution in [3.63, 3.8) is 0 Å². The van der Waals surface area contributed by atoms with Crippen LogP contribution in [0.3, 0.4) is 0 Å². The fraction of sp³-hybridized carbons (Fsp3) is 0.318. The van der Waals surface area contributed by atoms with Crippen LogP contribution >= 0.6 is 11.6 Å². The summed E-state index contributed by atoms with van der Waals surface area (Å²) in [6.45, 7) is 4.49. The summed E-state index contributed by atoms with van der Waals surface area (Å²) < 4.78 is 0. The lowest BCUT2D eigenvalue weighted by molar-refractivity contribution is 0.103. The van der Waals surface area contributed by atoms with E-state index >= 15 is 0 Å². The molecule has 2 aromatic carbocycles. The number of allylic oxidation sites excluding steroid dienone is 2. The molecule has 3 heteroatoms. The summed E-state index contributed by atoms with van der Waals surface area (Å²) in [5, 5.41) is 4.32. The van der Waals surface area contributed by atoms with E-state index in [0.29, 0.717) is 39.9 Å². The molecule has 1 aliphatic heterocycles. The molecule has 2 nitrogen and oxygen atoms in total. The summed E-state index contributed by atoms with van der Waals surface area (Å²) in [7, 11) is 0. The molecule has 1 aliphatic carbocycles. The highest BCUT2D eigenvalue weighted by Crippen LogP contribution is 2.48. The number of anilines is 1. The summed E-state index contributed by atoms with van der Waals surface area (Å²) in [4.78, 5) is 13.1. The number of nitrogens with one attached hydrogen (secondary N) is 1. The molecular weight excluding hydrogens is 330 g/mol. The number of halogens is 1. The van der Waals surface area contributed by atoms with E-state index in [4.69, 9.17) is 11.6 Å². The Kier molecular flexibility index (Phi) is 4.16. The minimum atomic E-state index is 0.0229. The maximum atomic E-state index is 13.1. The van der Waals surface area contributed by atoms with Gasteiger partial charge < -0.3 is 5.32 Å². The van der Waals surface area contributed by atoms with E-state index in [1.54, 1.807) is 6.07 Å². The largest absolute Gasteiger partial charge is 0.381 e. The van der Waals surface area contributed by atoms with Gasteiger partial charge in [-0.2, -0.15) is 0 Å². The summed E-state index contributed by atoms with van der Waals surface area (Å²) >= 11 is 6.40. The molecule has 1 N–H and O–H groups in total. The van der Waals surface area contributed by atoms with Gasteiger partial charge in [-0.05, 0) is 36.0 Å². The summed E-state index contributed by atoms with van der Waals surface area (Å²) in [5.41, 5.74) is 3.49. The fourth-order valence-electron chi connectivity index (χ4n) is 4.29. The lowest BCUT2D eigenvalue weighted by Gasteiger charge is -2.40. The molecule has 4 rings (SSSR count). The van der Waals surface area contributed by atoms with Crippen LogP contribution in [0.2, 0.25) is 5.02 Å². The Balaban J connectivity index is 1.86. The van der Waals surface area contributed by atoms with E-state index in [0.717, 1.165) is 17.7 Å². The van der Waals surface area contributed by atoms with Crippen molar-refractivity contribution in [3.05, 3.63) is 76.3 Å². The van der Waals surface area contributed by atoms with Crippen molar-refractivity contribution in [3.8, 4) is 0 Å². The first-order valence-corrected chi connectivity index (χ1v) is 9.30. The predicted molar refractivity (Wildman–Crippen MR) is 104 cm³/mol. The van der Waals surface area contributed by atoms with Gasteiger partial charge in [0.05, 0.1) is 0 Å². The first-order chi connectivity index (χ1) is 12.1. The van der Waals surface area contributed by atoms with Gasteiger partial charge in [0.15, 0.2) is 5.78 Å². The van der Waals surface area contributed by atoms with Crippen LogP contribution in [0, 0.1) is 11.8 Å². The Morgan fingerprint density at radius 3 is 2.68 bits per heavy atom. The maximum absolute atomic E-state index is 13.1. The van der Waals surface area contributed by atoms with Crippen molar-refractivity contribution in [2.45, 2.75) is 32.2 Å². The lowest BCUT2D eigenvalue weighted by Crippen LogP contribution is -2.40. The van der Waals surface area contributed by atoms with Gasteiger partial charge >= 0.3 is 0 Å². The third-order valence-corrected chi connectivity index (χ3v) is 5.70. The molecule has 0 amide bonds. The zero-order chi connectivity index (χ0) is 17.6. The minimum absolute atomic E-state index is 0.0229. The van der Waals surface area contributed by atoms with Gasteiger partial charge in [-0.3, -0.25) is 4.79 Å². The SMILES string of the molecule is CC(C)[C@H]1Nc2c(C(=O)c3ccccc3)cc(Cl)cc2[C@H]2C=CC[C@@H]21. The average molecular weight is 352 g/mol. The first kappa shape index (κ1) is 16.4. The van der Waals surface area contributed by atoms with Crippen LogP contribution in [-0.4, -0.2) is 11.8 Å². The number of rotatable bonds is 3. The number of ketones is 1. The number of carbonyl (C=O) groups is 1. The highest BCUT2D eigenvalue weighted by Gasteiger charge is 2.40. The van der Waals surface area contributed by atoms with E-state index in [2.05, 4.69) is 31.3 Å². The van der Waals surface area contributed by atoms with Gasteiger partial charge in [-0.1, -0.05) is 67.9 Å². The van der Waals surface area contributed by atoms with Crippen LogP contribution in [0.1, 0.15) is 47.7 Å². The molecule has 0 saturated carbocycles. The lowest BCUT2D eigenvalue weighted by atomic mass is 9.74. The zero-order valence-electron chi connectivity index (χ0n) is 14.5. The van der Waals surface area contributed by atoms with Gasteiger partial charge in [-0.25, -0.2) is 0 Å². The molecule has 2 aromatic rings. The summed E-state index contributed by atoms with van der Waals surface area (Å²) in [5.74, 6) is 1.39. The Hall–Kier alpha value is -2.06. The highest BCUT2D eigenvalue weighted by molar-refractivity contribution is 6.31. The molecular formula is C22H22ClNO. The van der Waals surface area contributed by atoms with Crippen molar-refractivity contribution >= 4 is 23.1 Å². The fourth-order valence-corrected chi connectivity index (χ4v) is 4.51. The van der Waals surface area contributed by atoms with Crippen molar-refractivity contribution < 1.29 is 4.79 Å². The Labute approximate surface area is 153 Å². The third-order valence-electron chi connectivity index (χ3n) is 5.48. The molecule has 3 atom stereocenters.